The molecule has 4 heterocycles. The minimum atomic E-state index is -2.72. The van der Waals surface area contributed by atoms with Crippen LogP contribution in [-0.4, -0.2) is 50.8 Å². The van der Waals surface area contributed by atoms with Gasteiger partial charge in [0.25, 0.3) is 5.91 Å². The van der Waals surface area contributed by atoms with Crippen LogP contribution in [0.5, 0.6) is 0 Å². The van der Waals surface area contributed by atoms with Crippen LogP contribution >= 0.6 is 0 Å². The minimum Gasteiger partial charge on any atom is -0.364 e. The second kappa shape index (κ2) is 8.33. The Hall–Kier alpha value is -4.02. The number of carbonyl (C=O) groups excluding carboxylic acids is 2. The van der Waals surface area contributed by atoms with Gasteiger partial charge in [-0.15, -0.1) is 10.2 Å². The summed E-state index contributed by atoms with van der Waals surface area (Å²) in [4.78, 5) is 32.0. The van der Waals surface area contributed by atoms with Gasteiger partial charge in [0, 0.05) is 59.7 Å². The lowest BCUT2D eigenvalue weighted by molar-refractivity contribution is -0.117. The van der Waals surface area contributed by atoms with Gasteiger partial charge >= 0.3 is 0 Å². The number of hydrogen-bond donors (Lipinski definition) is 3. The molecule has 2 aliphatic rings. The van der Waals surface area contributed by atoms with Gasteiger partial charge in [-0.05, 0) is 39.7 Å². The van der Waals surface area contributed by atoms with E-state index < -0.39 is 12.9 Å². The summed E-state index contributed by atoms with van der Waals surface area (Å²) in [6.45, 7) is 3.24. The molecule has 11 nitrogen and oxygen atoms in total. The fourth-order valence-corrected chi connectivity index (χ4v) is 4.48. The monoisotopic (exact) mass is 478 g/mol. The van der Waals surface area contributed by atoms with Crippen LogP contribution in [0.25, 0.3) is 11.3 Å². The van der Waals surface area contributed by atoms with Crippen molar-refractivity contribution in [2.75, 3.05) is 29.6 Å². The highest BCUT2D eigenvalue weighted by molar-refractivity contribution is 6.00. The van der Waals surface area contributed by atoms with Crippen molar-refractivity contribution < 1.29 is 13.7 Å². The maximum absolute atomic E-state index is 12.9. The maximum Gasteiger partial charge on any atom is 0.273 e. The van der Waals surface area contributed by atoms with Crippen molar-refractivity contribution in [2.45, 2.75) is 39.7 Å². The molecule has 1 atom stereocenters. The number of aromatic nitrogens is 5. The molecule has 11 heteroatoms. The molecule has 0 aromatic carbocycles. The zero-order valence-corrected chi connectivity index (χ0v) is 20.2. The largest absolute Gasteiger partial charge is 0.364 e. The second-order valence-electron chi connectivity index (χ2n) is 9.10. The first kappa shape index (κ1) is 19.3. The Morgan fingerprint density at radius 1 is 1.17 bits per heavy atom. The number of aryl methyl sites for hydroxylation is 2. The smallest absolute Gasteiger partial charge is 0.273 e. The van der Waals surface area contributed by atoms with Crippen molar-refractivity contribution >= 4 is 34.8 Å². The molecule has 0 bridgehead atoms. The third kappa shape index (κ3) is 3.86. The summed E-state index contributed by atoms with van der Waals surface area (Å²) in [5.74, 6) is -0.614. The van der Waals surface area contributed by atoms with Gasteiger partial charge in [-0.3, -0.25) is 14.3 Å². The molecule has 5 rings (SSSR count). The first-order valence-corrected chi connectivity index (χ1v) is 11.4. The normalized spacial score (nSPS) is 18.0. The van der Waals surface area contributed by atoms with Crippen LogP contribution in [0.15, 0.2) is 12.1 Å². The lowest BCUT2D eigenvalue weighted by atomic mass is 9.93. The molecule has 1 fully saturated rings. The number of nitrogens with zero attached hydrogens (tertiary/aromatic N) is 6. The van der Waals surface area contributed by atoms with Crippen LogP contribution < -0.4 is 20.9 Å². The molecule has 2 amide bonds. The van der Waals surface area contributed by atoms with Gasteiger partial charge < -0.3 is 20.9 Å². The Balaban J connectivity index is 1.61. The first-order valence-electron chi connectivity index (χ1n) is 12.9. The lowest BCUT2D eigenvalue weighted by Gasteiger charge is -2.35. The predicted octanol–water partition coefficient (Wildman–Crippen LogP) is 2.85. The SMILES string of the molecule is [2H]C([2H])([2H])NC(=O)c1nnc(NC(=O)C2CC2)cc1Nc1nc(C)cc2c1N(C)[C@H](C)c1c-2nn(C)c1C. The van der Waals surface area contributed by atoms with Crippen LogP contribution in [0.1, 0.15) is 57.4 Å². The fourth-order valence-electron chi connectivity index (χ4n) is 4.48. The van der Waals surface area contributed by atoms with Crippen molar-refractivity contribution in [3.8, 4) is 11.3 Å². The van der Waals surface area contributed by atoms with E-state index in [1.54, 1.807) is 0 Å². The molecule has 0 saturated heterocycles. The summed E-state index contributed by atoms with van der Waals surface area (Å²) < 4.78 is 24.1. The Morgan fingerprint density at radius 2 is 1.94 bits per heavy atom. The average Bonchev–Trinajstić information content (AvgIpc) is 3.62. The molecule has 3 aromatic rings. The van der Waals surface area contributed by atoms with Gasteiger partial charge in [-0.2, -0.15) is 5.10 Å². The fraction of sp³-hybridized carbons (Fsp3) is 0.417. The van der Waals surface area contributed by atoms with Crippen molar-refractivity contribution in [3.05, 3.63) is 34.8 Å². The Labute approximate surface area is 207 Å². The third-order valence-electron chi connectivity index (χ3n) is 6.68. The molecule has 0 radical (unpaired) electrons. The van der Waals surface area contributed by atoms with Crippen LogP contribution in [0, 0.1) is 19.8 Å². The van der Waals surface area contributed by atoms with Crippen LogP contribution in [0.2, 0.25) is 0 Å². The van der Waals surface area contributed by atoms with Gasteiger partial charge in [0.15, 0.2) is 17.3 Å². The molecule has 35 heavy (non-hydrogen) atoms. The van der Waals surface area contributed by atoms with E-state index in [4.69, 9.17) is 14.2 Å². The van der Waals surface area contributed by atoms with Gasteiger partial charge in [-0.1, -0.05) is 0 Å². The van der Waals surface area contributed by atoms with E-state index in [9.17, 15) is 9.59 Å². The van der Waals surface area contributed by atoms with Gasteiger partial charge in [0.05, 0.1) is 17.4 Å². The Kier molecular flexibility index (Phi) is 4.59. The molecule has 1 aliphatic carbocycles. The average molecular weight is 479 g/mol. The minimum absolute atomic E-state index is 0.0152. The zero-order chi connectivity index (χ0) is 27.5. The third-order valence-corrected chi connectivity index (χ3v) is 6.68. The van der Waals surface area contributed by atoms with E-state index in [2.05, 4.69) is 32.7 Å². The molecule has 0 spiro atoms. The highest BCUT2D eigenvalue weighted by Gasteiger charge is 2.34. The van der Waals surface area contributed by atoms with Crippen molar-refractivity contribution in [2.24, 2.45) is 13.0 Å². The highest BCUT2D eigenvalue weighted by atomic mass is 16.2. The molecular weight excluding hydrogens is 446 g/mol. The highest BCUT2D eigenvalue weighted by Crippen LogP contribution is 2.48. The second-order valence-corrected chi connectivity index (χ2v) is 9.10. The lowest BCUT2D eigenvalue weighted by Crippen LogP contribution is -2.28. The van der Waals surface area contributed by atoms with Crippen LogP contribution in [-0.2, 0) is 11.8 Å². The van der Waals surface area contributed by atoms with Crippen LogP contribution in [0.3, 0.4) is 0 Å². The van der Waals surface area contributed by atoms with Gasteiger partial charge in [-0.25, -0.2) is 4.98 Å². The van der Waals surface area contributed by atoms with E-state index in [0.717, 1.165) is 41.0 Å². The predicted molar refractivity (Wildman–Crippen MR) is 133 cm³/mol. The summed E-state index contributed by atoms with van der Waals surface area (Å²) in [6.07, 6.45) is 1.62. The molecule has 182 valence electrons. The van der Waals surface area contributed by atoms with E-state index in [0.29, 0.717) is 11.5 Å². The van der Waals surface area contributed by atoms with E-state index in [-0.39, 0.29) is 35.1 Å². The quantitative estimate of drug-likeness (QED) is 0.510. The maximum atomic E-state index is 12.9. The Morgan fingerprint density at radius 3 is 2.66 bits per heavy atom. The zero-order valence-electron chi connectivity index (χ0n) is 23.2. The van der Waals surface area contributed by atoms with Gasteiger partial charge in [0.1, 0.15) is 5.69 Å². The number of rotatable bonds is 5. The number of carbonyl (C=O) groups is 2. The van der Waals surface area contributed by atoms with E-state index in [1.807, 2.05) is 44.0 Å². The molecular formula is C24H29N9O2. The standard InChI is InChI=1S/C24H29N9O2/c1-11-9-15-19-18(13(3)33(6)31-19)12(2)32(5)21(15)22(26-11)27-16-10-17(28-23(34)14-7-8-14)29-30-20(16)24(35)25-4/h9-10,12,14H,7-8H2,1-6H3,(H,25,35)(H2,26,27,28,29,34)/t12-/m1/s1/i4D3. The van der Waals surface area contributed by atoms with Crippen molar-refractivity contribution in [1.82, 2.24) is 30.3 Å². The van der Waals surface area contributed by atoms with E-state index >= 15 is 0 Å². The Bertz CT molecular complexity index is 1460. The number of pyridine rings is 1. The van der Waals surface area contributed by atoms with Crippen molar-refractivity contribution in [3.63, 3.8) is 0 Å². The number of fused-ring (bicyclic) bond motifs is 3. The number of nitrogens with one attached hydrogen (secondary N) is 3. The molecule has 1 aliphatic heterocycles. The van der Waals surface area contributed by atoms with Crippen molar-refractivity contribution in [1.29, 1.82) is 0 Å². The number of anilines is 4. The molecule has 3 N–H and O–H groups in total. The molecule has 0 unspecified atom stereocenters. The number of hydrogen-bond acceptors (Lipinski definition) is 8. The van der Waals surface area contributed by atoms with E-state index in [1.165, 1.54) is 6.07 Å². The molecule has 1 saturated carbocycles. The van der Waals surface area contributed by atoms with Gasteiger partial charge in [0.2, 0.25) is 5.91 Å². The first-order chi connectivity index (χ1) is 17.8. The summed E-state index contributed by atoms with van der Waals surface area (Å²) >= 11 is 0. The summed E-state index contributed by atoms with van der Waals surface area (Å²) in [5.41, 5.74) is 5.28. The summed E-state index contributed by atoms with van der Waals surface area (Å²) in [6, 6.07) is 3.40. The summed E-state index contributed by atoms with van der Waals surface area (Å²) in [5, 5.41) is 20.5. The van der Waals surface area contributed by atoms with Crippen LogP contribution in [0.4, 0.5) is 23.0 Å². The number of amides is 2. The summed E-state index contributed by atoms with van der Waals surface area (Å²) in [7, 11) is 3.86. The topological polar surface area (TPSA) is 130 Å². The molecule has 3 aromatic heterocycles.